The van der Waals surface area contributed by atoms with Crippen LogP contribution in [0.25, 0.3) is 0 Å². The molecule has 1 rings (SSSR count). The molecule has 0 aliphatic carbocycles. The summed E-state index contributed by atoms with van der Waals surface area (Å²) in [6, 6.07) is 7.84. The average Bonchev–Trinajstić information content (AvgIpc) is 2.27. The fourth-order valence-electron chi connectivity index (χ4n) is 1.24. The van der Waals surface area contributed by atoms with E-state index < -0.39 is 0 Å². The van der Waals surface area contributed by atoms with E-state index in [4.69, 9.17) is 0 Å². The minimum atomic E-state index is -0.148. The summed E-state index contributed by atoms with van der Waals surface area (Å²) in [7, 11) is 0. The van der Waals surface area contributed by atoms with Gasteiger partial charge in [0.1, 0.15) is 0 Å². The van der Waals surface area contributed by atoms with Crippen LogP contribution >= 0.6 is 0 Å². The van der Waals surface area contributed by atoms with E-state index in [1.54, 1.807) is 6.21 Å². The Morgan fingerprint density at radius 3 is 2.76 bits per heavy atom. The second-order valence-electron chi connectivity index (χ2n) is 4.23. The molecule has 0 saturated carbocycles. The molecule has 4 heteroatoms. The lowest BCUT2D eigenvalue weighted by molar-refractivity contribution is -0.119. The van der Waals surface area contributed by atoms with E-state index in [9.17, 15) is 4.79 Å². The zero-order valence-corrected chi connectivity index (χ0v) is 10.5. The van der Waals surface area contributed by atoms with Gasteiger partial charge in [0.15, 0.2) is 0 Å². The summed E-state index contributed by atoms with van der Waals surface area (Å²) in [4.78, 5) is 11.4. The molecule has 0 radical (unpaired) electrons. The van der Waals surface area contributed by atoms with Crippen LogP contribution in [0.1, 0.15) is 19.4 Å². The molecule has 0 unspecified atom stereocenters. The number of rotatable bonds is 5. The van der Waals surface area contributed by atoms with Gasteiger partial charge in [0.25, 0.3) is 5.91 Å². The zero-order chi connectivity index (χ0) is 12.7. The van der Waals surface area contributed by atoms with Crippen molar-refractivity contribution in [2.24, 2.45) is 11.0 Å². The lowest BCUT2D eigenvalue weighted by Crippen LogP contribution is -2.26. The first-order valence-electron chi connectivity index (χ1n) is 5.71. The highest BCUT2D eigenvalue weighted by Crippen LogP contribution is 2.12. The lowest BCUT2D eigenvalue weighted by Gasteiger charge is -2.07. The third kappa shape index (κ3) is 5.15. The third-order valence-electron chi connectivity index (χ3n) is 2.15. The third-order valence-corrected chi connectivity index (χ3v) is 2.15. The standard InChI is InChI=1S/C13H19N3O/c1-10(2)8-15-16-13(17)9-14-12-7-5-4-6-11(12)3/h4-8,10,14H,9H2,1-3H3,(H,16,17)/b15-8+. The number of carbonyl (C=O) groups excluding carboxylic acids is 1. The second kappa shape index (κ2) is 6.68. The number of para-hydroxylation sites is 1. The van der Waals surface area contributed by atoms with Crippen LogP contribution in [0.2, 0.25) is 0 Å². The Morgan fingerprint density at radius 1 is 1.41 bits per heavy atom. The molecular weight excluding hydrogens is 214 g/mol. The van der Waals surface area contributed by atoms with Crippen LogP contribution in [0.3, 0.4) is 0 Å². The number of amides is 1. The van der Waals surface area contributed by atoms with Gasteiger partial charge in [-0.25, -0.2) is 5.43 Å². The maximum atomic E-state index is 11.4. The fourth-order valence-corrected chi connectivity index (χ4v) is 1.24. The van der Waals surface area contributed by atoms with Gasteiger partial charge < -0.3 is 5.32 Å². The van der Waals surface area contributed by atoms with Crippen LogP contribution in [-0.2, 0) is 4.79 Å². The van der Waals surface area contributed by atoms with E-state index in [-0.39, 0.29) is 12.5 Å². The van der Waals surface area contributed by atoms with Crippen molar-refractivity contribution in [3.05, 3.63) is 29.8 Å². The Balaban J connectivity index is 2.36. The van der Waals surface area contributed by atoms with Gasteiger partial charge in [-0.2, -0.15) is 5.10 Å². The molecule has 0 spiro atoms. The summed E-state index contributed by atoms with van der Waals surface area (Å²) < 4.78 is 0. The van der Waals surface area contributed by atoms with Gasteiger partial charge in [-0.05, 0) is 24.5 Å². The van der Waals surface area contributed by atoms with E-state index in [2.05, 4.69) is 15.8 Å². The van der Waals surface area contributed by atoms with Crippen molar-refractivity contribution in [1.29, 1.82) is 0 Å². The summed E-state index contributed by atoms with van der Waals surface area (Å²) in [5.41, 5.74) is 4.56. The largest absolute Gasteiger partial charge is 0.376 e. The predicted octanol–water partition coefficient (Wildman–Crippen LogP) is 2.16. The molecular formula is C13H19N3O. The molecule has 0 aliphatic heterocycles. The molecule has 0 fully saturated rings. The minimum absolute atomic E-state index is 0.148. The SMILES string of the molecule is Cc1ccccc1NCC(=O)N/N=C/C(C)C. The molecule has 1 amide bonds. The number of aryl methyl sites for hydroxylation is 1. The Labute approximate surface area is 102 Å². The van der Waals surface area contributed by atoms with Gasteiger partial charge in [-0.15, -0.1) is 0 Å². The molecule has 1 aromatic rings. The van der Waals surface area contributed by atoms with E-state index >= 15 is 0 Å². The molecule has 1 aromatic carbocycles. The first-order chi connectivity index (χ1) is 8.09. The van der Waals surface area contributed by atoms with Gasteiger partial charge in [0.05, 0.1) is 6.54 Å². The topological polar surface area (TPSA) is 53.5 Å². The van der Waals surface area contributed by atoms with Crippen LogP contribution in [0.5, 0.6) is 0 Å². The summed E-state index contributed by atoms with van der Waals surface area (Å²) >= 11 is 0. The summed E-state index contributed by atoms with van der Waals surface area (Å²) in [6.07, 6.45) is 1.70. The lowest BCUT2D eigenvalue weighted by atomic mass is 10.2. The van der Waals surface area contributed by atoms with Crippen LogP contribution in [0.15, 0.2) is 29.4 Å². The highest BCUT2D eigenvalue weighted by atomic mass is 16.2. The number of carbonyl (C=O) groups is 1. The van der Waals surface area contributed by atoms with Gasteiger partial charge in [0.2, 0.25) is 0 Å². The van der Waals surface area contributed by atoms with Crippen molar-refractivity contribution >= 4 is 17.8 Å². The Kier molecular flexibility index (Phi) is 5.20. The van der Waals surface area contributed by atoms with E-state index in [1.807, 2.05) is 45.0 Å². The number of hydrazone groups is 1. The number of nitrogens with zero attached hydrogens (tertiary/aromatic N) is 1. The van der Waals surface area contributed by atoms with Gasteiger partial charge >= 0.3 is 0 Å². The smallest absolute Gasteiger partial charge is 0.259 e. The van der Waals surface area contributed by atoms with Crippen LogP contribution in [0, 0.1) is 12.8 Å². The molecule has 0 heterocycles. The Hall–Kier alpha value is -1.84. The van der Waals surface area contributed by atoms with Crippen molar-refractivity contribution in [3.63, 3.8) is 0 Å². The number of anilines is 1. The Morgan fingerprint density at radius 2 is 2.12 bits per heavy atom. The Bertz CT molecular complexity index is 399. The molecule has 0 aromatic heterocycles. The van der Waals surface area contributed by atoms with Crippen molar-refractivity contribution < 1.29 is 4.79 Å². The first kappa shape index (κ1) is 13.2. The molecule has 92 valence electrons. The molecule has 0 bridgehead atoms. The molecule has 2 N–H and O–H groups in total. The van der Waals surface area contributed by atoms with E-state index in [0.717, 1.165) is 11.3 Å². The quantitative estimate of drug-likeness (QED) is 0.605. The van der Waals surface area contributed by atoms with Crippen LogP contribution < -0.4 is 10.7 Å². The molecule has 4 nitrogen and oxygen atoms in total. The molecule has 0 aliphatic rings. The van der Waals surface area contributed by atoms with Gasteiger partial charge in [-0.1, -0.05) is 32.0 Å². The summed E-state index contributed by atoms with van der Waals surface area (Å²) in [5.74, 6) is 0.185. The number of nitrogens with one attached hydrogen (secondary N) is 2. The van der Waals surface area contributed by atoms with Gasteiger partial charge in [-0.3, -0.25) is 4.79 Å². The highest BCUT2D eigenvalue weighted by Gasteiger charge is 2.00. The van der Waals surface area contributed by atoms with Crippen molar-refractivity contribution in [2.75, 3.05) is 11.9 Å². The van der Waals surface area contributed by atoms with E-state index in [0.29, 0.717) is 5.92 Å². The summed E-state index contributed by atoms with van der Waals surface area (Å²) in [5, 5.41) is 6.91. The number of hydrogen-bond acceptors (Lipinski definition) is 3. The molecule has 17 heavy (non-hydrogen) atoms. The van der Waals surface area contributed by atoms with Crippen molar-refractivity contribution in [2.45, 2.75) is 20.8 Å². The monoisotopic (exact) mass is 233 g/mol. The average molecular weight is 233 g/mol. The number of hydrogen-bond donors (Lipinski definition) is 2. The number of benzene rings is 1. The maximum absolute atomic E-state index is 11.4. The minimum Gasteiger partial charge on any atom is -0.376 e. The molecule has 0 atom stereocenters. The van der Waals surface area contributed by atoms with Gasteiger partial charge in [0, 0.05) is 11.9 Å². The normalized spacial score (nSPS) is 10.8. The van der Waals surface area contributed by atoms with Crippen LogP contribution in [-0.4, -0.2) is 18.7 Å². The predicted molar refractivity (Wildman–Crippen MR) is 71.1 cm³/mol. The maximum Gasteiger partial charge on any atom is 0.259 e. The molecule has 0 saturated heterocycles. The highest BCUT2D eigenvalue weighted by molar-refractivity contribution is 5.81. The first-order valence-corrected chi connectivity index (χ1v) is 5.71. The fraction of sp³-hybridized carbons (Fsp3) is 0.385. The van der Waals surface area contributed by atoms with Crippen molar-refractivity contribution in [1.82, 2.24) is 5.43 Å². The van der Waals surface area contributed by atoms with Crippen LogP contribution in [0.4, 0.5) is 5.69 Å². The summed E-state index contributed by atoms with van der Waals surface area (Å²) in [6.45, 7) is 6.22. The van der Waals surface area contributed by atoms with E-state index in [1.165, 1.54) is 0 Å². The second-order valence-corrected chi connectivity index (χ2v) is 4.23. The van der Waals surface area contributed by atoms with Crippen molar-refractivity contribution in [3.8, 4) is 0 Å². The zero-order valence-electron chi connectivity index (χ0n) is 10.5.